The monoisotopic (exact) mass is 221 g/mol. The zero-order chi connectivity index (χ0) is 11.1. The molecule has 0 aromatic heterocycles. The van der Waals surface area contributed by atoms with Crippen molar-refractivity contribution in [2.24, 2.45) is 0 Å². The van der Waals surface area contributed by atoms with E-state index in [9.17, 15) is 4.79 Å². The maximum absolute atomic E-state index is 11.3. The lowest BCUT2D eigenvalue weighted by Gasteiger charge is -2.23. The minimum absolute atomic E-state index is 0.0959. The highest BCUT2D eigenvalue weighted by atomic mass is 32.2. The highest BCUT2D eigenvalue weighted by Crippen LogP contribution is 2.34. The standard InChI is InChI=1S/C12H15NOS/c1-12(2,3)8-4-5-10-9(6-8)13-11(14)7-15-10/h4-6H,7H2,1-3H3,(H,13,14). The minimum atomic E-state index is 0.0959. The number of anilines is 1. The topological polar surface area (TPSA) is 29.1 Å². The molecular weight excluding hydrogens is 206 g/mol. The molecule has 0 atom stereocenters. The SMILES string of the molecule is CC(C)(C)c1ccc2c(c1)NC(=O)CS2. The van der Waals surface area contributed by atoms with Crippen LogP contribution in [0.3, 0.4) is 0 Å². The van der Waals surface area contributed by atoms with Crippen molar-refractivity contribution in [1.29, 1.82) is 0 Å². The van der Waals surface area contributed by atoms with Crippen LogP contribution in [0, 0.1) is 0 Å². The molecule has 0 radical (unpaired) electrons. The molecule has 1 aliphatic heterocycles. The highest BCUT2D eigenvalue weighted by molar-refractivity contribution is 8.00. The third-order valence-corrected chi connectivity index (χ3v) is 3.55. The van der Waals surface area contributed by atoms with Gasteiger partial charge < -0.3 is 5.32 Å². The lowest BCUT2D eigenvalue weighted by Crippen LogP contribution is -2.20. The van der Waals surface area contributed by atoms with Crippen molar-refractivity contribution in [3.63, 3.8) is 0 Å². The minimum Gasteiger partial charge on any atom is -0.324 e. The average molecular weight is 221 g/mol. The molecule has 0 spiro atoms. The predicted octanol–water partition coefficient (Wildman–Crippen LogP) is 3.03. The van der Waals surface area contributed by atoms with Crippen LogP contribution in [-0.2, 0) is 10.2 Å². The maximum atomic E-state index is 11.3. The molecule has 0 fully saturated rings. The van der Waals surface area contributed by atoms with Crippen molar-refractivity contribution in [2.45, 2.75) is 31.1 Å². The summed E-state index contributed by atoms with van der Waals surface area (Å²) in [5.74, 6) is 0.626. The largest absolute Gasteiger partial charge is 0.324 e. The molecule has 2 nitrogen and oxygen atoms in total. The molecule has 1 aromatic carbocycles. The van der Waals surface area contributed by atoms with Gasteiger partial charge in [-0.3, -0.25) is 4.79 Å². The molecule has 1 amide bonds. The molecule has 0 saturated heterocycles. The summed E-state index contributed by atoms with van der Waals surface area (Å²) in [5, 5.41) is 2.91. The molecule has 2 rings (SSSR count). The van der Waals surface area contributed by atoms with Crippen molar-refractivity contribution in [1.82, 2.24) is 0 Å². The Kier molecular flexibility index (Phi) is 2.51. The molecule has 1 aliphatic rings. The van der Waals surface area contributed by atoms with Gasteiger partial charge in [0.2, 0.25) is 5.91 Å². The van der Waals surface area contributed by atoms with Crippen LogP contribution >= 0.6 is 11.8 Å². The van der Waals surface area contributed by atoms with E-state index in [1.807, 2.05) is 0 Å². The average Bonchev–Trinajstić information content (AvgIpc) is 2.15. The van der Waals surface area contributed by atoms with Gasteiger partial charge in [0, 0.05) is 4.90 Å². The summed E-state index contributed by atoms with van der Waals surface area (Å²) in [4.78, 5) is 12.4. The second-order valence-electron chi connectivity index (χ2n) is 4.80. The Labute approximate surface area is 94.4 Å². The molecular formula is C12H15NOS. The molecule has 0 bridgehead atoms. The van der Waals surface area contributed by atoms with E-state index in [1.165, 1.54) is 10.5 Å². The first-order valence-corrected chi connectivity index (χ1v) is 6.02. The second kappa shape index (κ2) is 3.56. The summed E-state index contributed by atoms with van der Waals surface area (Å²) < 4.78 is 0. The van der Waals surface area contributed by atoms with E-state index in [0.29, 0.717) is 5.75 Å². The lowest BCUT2D eigenvalue weighted by molar-refractivity contribution is -0.113. The Morgan fingerprint density at radius 1 is 1.33 bits per heavy atom. The Hall–Kier alpha value is -0.960. The smallest absolute Gasteiger partial charge is 0.234 e. The number of benzene rings is 1. The van der Waals surface area contributed by atoms with Gasteiger partial charge in [0.25, 0.3) is 0 Å². The van der Waals surface area contributed by atoms with Gasteiger partial charge in [0.15, 0.2) is 0 Å². The van der Waals surface area contributed by atoms with Crippen LogP contribution in [0.2, 0.25) is 0 Å². The summed E-state index contributed by atoms with van der Waals surface area (Å²) in [6.07, 6.45) is 0. The van der Waals surface area contributed by atoms with Crippen molar-refractivity contribution in [2.75, 3.05) is 11.1 Å². The van der Waals surface area contributed by atoms with Gasteiger partial charge in [0.1, 0.15) is 0 Å². The van der Waals surface area contributed by atoms with Crippen LogP contribution in [0.25, 0.3) is 0 Å². The van der Waals surface area contributed by atoms with Gasteiger partial charge in [-0.25, -0.2) is 0 Å². The van der Waals surface area contributed by atoms with Crippen LogP contribution in [0.4, 0.5) is 5.69 Å². The number of carbonyl (C=O) groups excluding carboxylic acids is 1. The van der Waals surface area contributed by atoms with Gasteiger partial charge in [-0.15, -0.1) is 11.8 Å². The summed E-state index contributed by atoms with van der Waals surface area (Å²) in [6, 6.07) is 6.32. The summed E-state index contributed by atoms with van der Waals surface area (Å²) in [7, 11) is 0. The van der Waals surface area contributed by atoms with Crippen LogP contribution in [-0.4, -0.2) is 11.7 Å². The molecule has 0 saturated carbocycles. The number of fused-ring (bicyclic) bond motifs is 1. The van der Waals surface area contributed by atoms with E-state index in [-0.39, 0.29) is 11.3 Å². The Morgan fingerprint density at radius 2 is 2.07 bits per heavy atom. The zero-order valence-corrected chi connectivity index (χ0v) is 10.1. The van der Waals surface area contributed by atoms with Crippen molar-refractivity contribution in [3.05, 3.63) is 23.8 Å². The van der Waals surface area contributed by atoms with E-state index in [2.05, 4.69) is 44.3 Å². The third kappa shape index (κ3) is 2.17. The number of hydrogen-bond donors (Lipinski definition) is 1. The Balaban J connectivity index is 2.41. The first-order valence-electron chi connectivity index (χ1n) is 5.04. The number of rotatable bonds is 0. The zero-order valence-electron chi connectivity index (χ0n) is 9.26. The lowest BCUT2D eigenvalue weighted by atomic mass is 9.87. The molecule has 15 heavy (non-hydrogen) atoms. The number of nitrogens with one attached hydrogen (secondary N) is 1. The van der Waals surface area contributed by atoms with E-state index in [4.69, 9.17) is 0 Å². The number of amides is 1. The fraction of sp³-hybridized carbons (Fsp3) is 0.417. The van der Waals surface area contributed by atoms with Gasteiger partial charge in [-0.05, 0) is 23.1 Å². The molecule has 0 aliphatic carbocycles. The van der Waals surface area contributed by atoms with Crippen LogP contribution in [0.5, 0.6) is 0 Å². The fourth-order valence-corrected chi connectivity index (χ4v) is 2.34. The Bertz CT molecular complexity index is 407. The van der Waals surface area contributed by atoms with Gasteiger partial charge in [-0.1, -0.05) is 26.8 Å². The molecule has 80 valence electrons. The van der Waals surface area contributed by atoms with E-state index < -0.39 is 0 Å². The molecule has 3 heteroatoms. The molecule has 0 unspecified atom stereocenters. The van der Waals surface area contributed by atoms with Gasteiger partial charge in [-0.2, -0.15) is 0 Å². The summed E-state index contributed by atoms with van der Waals surface area (Å²) >= 11 is 1.60. The van der Waals surface area contributed by atoms with Gasteiger partial charge >= 0.3 is 0 Å². The van der Waals surface area contributed by atoms with E-state index in [1.54, 1.807) is 11.8 Å². The number of thioether (sulfide) groups is 1. The molecule has 1 heterocycles. The normalized spacial score (nSPS) is 15.8. The van der Waals surface area contributed by atoms with Gasteiger partial charge in [0.05, 0.1) is 11.4 Å². The number of carbonyl (C=O) groups is 1. The third-order valence-electron chi connectivity index (χ3n) is 2.48. The first kappa shape index (κ1) is 10.6. The molecule has 1 aromatic rings. The summed E-state index contributed by atoms with van der Waals surface area (Å²) in [6.45, 7) is 6.52. The maximum Gasteiger partial charge on any atom is 0.234 e. The van der Waals surface area contributed by atoms with Crippen LogP contribution in [0.15, 0.2) is 23.1 Å². The van der Waals surface area contributed by atoms with E-state index >= 15 is 0 Å². The Morgan fingerprint density at radius 3 is 2.73 bits per heavy atom. The number of hydrogen-bond acceptors (Lipinski definition) is 2. The summed E-state index contributed by atoms with van der Waals surface area (Å²) in [5.41, 5.74) is 2.34. The predicted molar refractivity (Wildman–Crippen MR) is 64.5 cm³/mol. The van der Waals surface area contributed by atoms with Crippen molar-refractivity contribution in [3.8, 4) is 0 Å². The second-order valence-corrected chi connectivity index (χ2v) is 5.81. The van der Waals surface area contributed by atoms with E-state index in [0.717, 1.165) is 5.69 Å². The van der Waals surface area contributed by atoms with Crippen LogP contribution in [0.1, 0.15) is 26.3 Å². The quantitative estimate of drug-likeness (QED) is 0.729. The molecule has 1 N–H and O–H groups in total. The van der Waals surface area contributed by atoms with Crippen molar-refractivity contribution < 1.29 is 4.79 Å². The van der Waals surface area contributed by atoms with Crippen LogP contribution < -0.4 is 5.32 Å². The first-order chi connectivity index (χ1) is 6.97. The fourth-order valence-electron chi connectivity index (χ4n) is 1.55. The van der Waals surface area contributed by atoms with Crippen molar-refractivity contribution >= 4 is 23.4 Å². The highest BCUT2D eigenvalue weighted by Gasteiger charge is 2.19.